The molecule has 0 spiro atoms. The van der Waals surface area contributed by atoms with Gasteiger partial charge in [-0.2, -0.15) is 0 Å². The molecule has 2 aromatic carbocycles. The third-order valence-electron chi connectivity index (χ3n) is 7.66. The van der Waals surface area contributed by atoms with Crippen LogP contribution in [0.25, 0.3) is 0 Å². The van der Waals surface area contributed by atoms with Crippen molar-refractivity contribution in [3.8, 4) is 0 Å². The Bertz CT molecular complexity index is 977. The van der Waals surface area contributed by atoms with Gasteiger partial charge in [0.15, 0.2) is 0 Å². The van der Waals surface area contributed by atoms with E-state index >= 15 is 0 Å². The van der Waals surface area contributed by atoms with Gasteiger partial charge < -0.3 is 15.1 Å². The normalized spacial score (nSPS) is 14.7. The van der Waals surface area contributed by atoms with E-state index in [-0.39, 0.29) is 23.7 Å². The Hall–Kier alpha value is -2.93. The van der Waals surface area contributed by atoms with Gasteiger partial charge in [-0.25, -0.2) is 9.18 Å². The van der Waals surface area contributed by atoms with Gasteiger partial charge in [-0.15, -0.1) is 0 Å². The number of benzene rings is 2. The smallest absolute Gasteiger partial charge is 0.317 e. The molecule has 1 aliphatic heterocycles. The SMILES string of the molecule is CCCCCCCCNC(=O)N(CCN1CCN(C(=O)C(CC)c2ccccc2)CC1)Cc1ccc(F)cc1. The molecule has 0 saturated carbocycles. The van der Waals surface area contributed by atoms with Crippen LogP contribution in [0.2, 0.25) is 0 Å². The van der Waals surface area contributed by atoms with Crippen LogP contribution in [0.5, 0.6) is 0 Å². The number of hydrogen-bond acceptors (Lipinski definition) is 3. The Kier molecular flexibility index (Phi) is 13.3. The number of rotatable bonds is 15. The van der Waals surface area contributed by atoms with Gasteiger partial charge in [-0.1, -0.05) is 88.4 Å². The molecular weight excluding hydrogens is 491 g/mol. The van der Waals surface area contributed by atoms with E-state index in [2.05, 4.69) is 24.1 Å². The average molecular weight is 539 g/mol. The van der Waals surface area contributed by atoms with Gasteiger partial charge in [-0.3, -0.25) is 9.69 Å². The maximum atomic E-state index is 13.4. The Morgan fingerprint density at radius 2 is 1.56 bits per heavy atom. The minimum absolute atomic E-state index is 0.0738. The summed E-state index contributed by atoms with van der Waals surface area (Å²) < 4.78 is 13.4. The minimum atomic E-state index is -0.275. The first-order valence-electron chi connectivity index (χ1n) is 14.8. The molecule has 1 atom stereocenters. The predicted octanol–water partition coefficient (Wildman–Crippen LogP) is 6.04. The zero-order chi connectivity index (χ0) is 27.9. The highest BCUT2D eigenvalue weighted by Gasteiger charge is 2.27. The zero-order valence-corrected chi connectivity index (χ0v) is 23.9. The van der Waals surface area contributed by atoms with E-state index < -0.39 is 0 Å². The summed E-state index contributed by atoms with van der Waals surface area (Å²) in [6, 6.07) is 16.3. The summed E-state index contributed by atoms with van der Waals surface area (Å²) in [6.45, 7) is 9.69. The number of amides is 3. The highest BCUT2D eigenvalue weighted by Crippen LogP contribution is 2.22. The van der Waals surface area contributed by atoms with Crippen molar-refractivity contribution in [1.82, 2.24) is 20.0 Å². The van der Waals surface area contributed by atoms with Crippen molar-refractivity contribution >= 4 is 11.9 Å². The van der Waals surface area contributed by atoms with Crippen molar-refractivity contribution in [3.05, 3.63) is 71.5 Å². The first kappa shape index (κ1) is 30.6. The van der Waals surface area contributed by atoms with Crippen LogP contribution in [-0.4, -0.2) is 72.5 Å². The quantitative estimate of drug-likeness (QED) is 0.282. The van der Waals surface area contributed by atoms with Gasteiger partial charge in [0.2, 0.25) is 5.91 Å². The van der Waals surface area contributed by atoms with Crippen LogP contribution in [-0.2, 0) is 11.3 Å². The molecule has 2 aromatic rings. The van der Waals surface area contributed by atoms with Crippen LogP contribution in [0.1, 0.15) is 75.8 Å². The topological polar surface area (TPSA) is 55.9 Å². The molecule has 214 valence electrons. The Balaban J connectivity index is 1.49. The first-order chi connectivity index (χ1) is 19.0. The number of nitrogens with zero attached hydrogens (tertiary/aromatic N) is 3. The molecule has 3 rings (SSSR count). The molecule has 1 saturated heterocycles. The summed E-state index contributed by atoms with van der Waals surface area (Å²) in [5.41, 5.74) is 1.99. The highest BCUT2D eigenvalue weighted by atomic mass is 19.1. The molecule has 7 heteroatoms. The lowest BCUT2D eigenvalue weighted by atomic mass is 9.95. The number of hydrogen-bond donors (Lipinski definition) is 1. The Morgan fingerprint density at radius 3 is 2.23 bits per heavy atom. The second-order valence-corrected chi connectivity index (χ2v) is 10.6. The van der Waals surface area contributed by atoms with E-state index in [1.165, 1.54) is 37.8 Å². The summed E-state index contributed by atoms with van der Waals surface area (Å²) in [4.78, 5) is 32.4. The number of halogens is 1. The molecule has 1 N–H and O–H groups in total. The molecule has 6 nitrogen and oxygen atoms in total. The van der Waals surface area contributed by atoms with Crippen LogP contribution in [0, 0.1) is 5.82 Å². The van der Waals surface area contributed by atoms with Crippen LogP contribution in [0.3, 0.4) is 0 Å². The maximum Gasteiger partial charge on any atom is 0.317 e. The zero-order valence-electron chi connectivity index (χ0n) is 23.9. The van der Waals surface area contributed by atoms with Crippen molar-refractivity contribution < 1.29 is 14.0 Å². The maximum absolute atomic E-state index is 13.4. The number of nitrogens with one attached hydrogen (secondary N) is 1. The fourth-order valence-electron chi connectivity index (χ4n) is 5.19. The second-order valence-electron chi connectivity index (χ2n) is 10.6. The van der Waals surface area contributed by atoms with Crippen molar-refractivity contribution in [3.63, 3.8) is 0 Å². The largest absolute Gasteiger partial charge is 0.340 e. The predicted molar refractivity (Wildman–Crippen MR) is 156 cm³/mol. The van der Waals surface area contributed by atoms with Crippen LogP contribution in [0.15, 0.2) is 54.6 Å². The Morgan fingerprint density at radius 1 is 0.897 bits per heavy atom. The number of carbonyl (C=O) groups is 2. The van der Waals surface area contributed by atoms with Crippen LogP contribution in [0.4, 0.5) is 9.18 Å². The lowest BCUT2D eigenvalue weighted by Gasteiger charge is -2.37. The summed E-state index contributed by atoms with van der Waals surface area (Å²) in [6.07, 6.45) is 7.87. The number of piperazine rings is 1. The number of urea groups is 1. The molecule has 1 unspecified atom stereocenters. The third kappa shape index (κ3) is 10.3. The van der Waals surface area contributed by atoms with E-state index in [4.69, 9.17) is 0 Å². The standard InChI is InChI=1S/C32H47FN4O2/c1-3-5-6-7-8-12-19-34-32(39)37(26-27-15-17-29(33)18-16-27)25-22-35-20-23-36(24-21-35)31(38)30(4-2)28-13-10-9-11-14-28/h9-11,13-18,30H,3-8,12,19-26H2,1-2H3,(H,34,39). The summed E-state index contributed by atoms with van der Waals surface area (Å²) in [5, 5.41) is 3.09. The van der Waals surface area contributed by atoms with Gasteiger partial charge in [0.05, 0.1) is 5.92 Å². The molecule has 1 aliphatic rings. The van der Waals surface area contributed by atoms with E-state index in [0.717, 1.165) is 50.0 Å². The van der Waals surface area contributed by atoms with E-state index in [9.17, 15) is 14.0 Å². The van der Waals surface area contributed by atoms with Crippen LogP contribution >= 0.6 is 0 Å². The van der Waals surface area contributed by atoms with Gasteiger partial charge in [0.25, 0.3) is 0 Å². The van der Waals surface area contributed by atoms with Gasteiger partial charge in [0.1, 0.15) is 5.82 Å². The van der Waals surface area contributed by atoms with Crippen LogP contribution < -0.4 is 5.32 Å². The molecule has 1 heterocycles. The second kappa shape index (κ2) is 16.9. The summed E-state index contributed by atoms with van der Waals surface area (Å²) >= 11 is 0. The summed E-state index contributed by atoms with van der Waals surface area (Å²) in [7, 11) is 0. The van der Waals surface area contributed by atoms with Crippen molar-refractivity contribution in [2.75, 3.05) is 45.8 Å². The van der Waals surface area contributed by atoms with Crippen molar-refractivity contribution in [2.24, 2.45) is 0 Å². The molecular formula is C32H47FN4O2. The molecule has 0 aliphatic carbocycles. The molecule has 1 fully saturated rings. The molecule has 39 heavy (non-hydrogen) atoms. The lowest BCUT2D eigenvalue weighted by Crippen LogP contribution is -2.52. The van der Waals surface area contributed by atoms with E-state index in [1.54, 1.807) is 12.1 Å². The molecule has 3 amide bonds. The lowest BCUT2D eigenvalue weighted by molar-refractivity contribution is -0.134. The third-order valence-corrected chi connectivity index (χ3v) is 7.66. The van der Waals surface area contributed by atoms with Crippen molar-refractivity contribution in [1.29, 1.82) is 0 Å². The minimum Gasteiger partial charge on any atom is -0.340 e. The number of carbonyl (C=O) groups excluding carboxylic acids is 2. The van der Waals surface area contributed by atoms with Gasteiger partial charge in [0, 0.05) is 52.4 Å². The monoisotopic (exact) mass is 538 g/mol. The number of unbranched alkanes of at least 4 members (excludes halogenated alkanes) is 5. The fourth-order valence-corrected chi connectivity index (χ4v) is 5.19. The van der Waals surface area contributed by atoms with E-state index in [0.29, 0.717) is 32.7 Å². The molecule has 0 aromatic heterocycles. The Labute approximate surface area is 234 Å². The average Bonchev–Trinajstić information content (AvgIpc) is 2.97. The summed E-state index contributed by atoms with van der Waals surface area (Å²) in [5.74, 6) is -0.169. The van der Waals surface area contributed by atoms with E-state index in [1.807, 2.05) is 40.1 Å². The van der Waals surface area contributed by atoms with Crippen molar-refractivity contribution in [2.45, 2.75) is 71.3 Å². The van der Waals surface area contributed by atoms with Gasteiger partial charge >= 0.3 is 6.03 Å². The van der Waals surface area contributed by atoms with Gasteiger partial charge in [-0.05, 0) is 36.1 Å². The fraction of sp³-hybridized carbons (Fsp3) is 0.562. The highest BCUT2D eigenvalue weighted by molar-refractivity contribution is 5.83. The molecule has 0 radical (unpaired) electrons. The first-order valence-corrected chi connectivity index (χ1v) is 14.8. The molecule has 0 bridgehead atoms.